The summed E-state index contributed by atoms with van der Waals surface area (Å²) in [6, 6.07) is 16.3. The second-order valence-corrected chi connectivity index (χ2v) is 6.95. The Morgan fingerprint density at radius 3 is 2.61 bits per heavy atom. The van der Waals surface area contributed by atoms with Gasteiger partial charge in [-0.25, -0.2) is 0 Å². The number of likely N-dealkylation sites (tertiary alicyclic amines) is 1. The fourth-order valence-electron chi connectivity index (χ4n) is 3.18. The van der Waals surface area contributed by atoms with Crippen LogP contribution < -0.4 is 5.73 Å². The number of nitrogens with zero attached hydrogens (tertiary/aromatic N) is 1. The summed E-state index contributed by atoms with van der Waals surface area (Å²) in [5.74, 6) is 0.302. The zero-order valence-corrected chi connectivity index (χ0v) is 14.3. The van der Waals surface area contributed by atoms with E-state index in [9.17, 15) is 4.79 Å². The maximum atomic E-state index is 12.9. The molecule has 0 aromatic heterocycles. The molecule has 0 spiro atoms. The Labute approximate surface area is 141 Å². The van der Waals surface area contributed by atoms with E-state index in [1.54, 1.807) is 11.8 Å². The number of hydrogen-bond acceptors (Lipinski definition) is 3. The maximum absolute atomic E-state index is 12.9. The van der Waals surface area contributed by atoms with Gasteiger partial charge in [0.15, 0.2) is 0 Å². The van der Waals surface area contributed by atoms with Gasteiger partial charge < -0.3 is 10.6 Å². The third-order valence-corrected chi connectivity index (χ3v) is 5.28. The number of amides is 1. The minimum atomic E-state index is -0.00890. The van der Waals surface area contributed by atoms with Gasteiger partial charge >= 0.3 is 0 Å². The lowest BCUT2D eigenvalue weighted by molar-refractivity contribution is 0.0788. The summed E-state index contributed by atoms with van der Waals surface area (Å²) < 4.78 is 0. The molecule has 0 saturated carbocycles. The molecule has 1 saturated heterocycles. The van der Waals surface area contributed by atoms with Crippen molar-refractivity contribution in [3.63, 3.8) is 0 Å². The first-order valence-corrected chi connectivity index (χ1v) is 9.07. The summed E-state index contributed by atoms with van der Waals surface area (Å²) in [5, 5.41) is 0. The molecule has 23 heavy (non-hydrogen) atoms. The van der Waals surface area contributed by atoms with Gasteiger partial charge in [0.2, 0.25) is 0 Å². The lowest BCUT2D eigenvalue weighted by atomic mass is 9.95. The zero-order valence-electron chi connectivity index (χ0n) is 13.5. The third-order valence-electron chi connectivity index (χ3n) is 4.56. The summed E-state index contributed by atoms with van der Waals surface area (Å²) in [6.45, 7) is 3.29. The topological polar surface area (TPSA) is 46.3 Å². The van der Waals surface area contributed by atoms with Gasteiger partial charge in [-0.3, -0.25) is 4.79 Å². The average molecular weight is 326 g/mol. The minimum absolute atomic E-state index is 0.00890. The lowest BCUT2D eigenvalue weighted by Crippen LogP contribution is -2.32. The molecule has 0 unspecified atom stereocenters. The largest absolute Gasteiger partial charge is 0.336 e. The Morgan fingerprint density at radius 1 is 1.17 bits per heavy atom. The van der Waals surface area contributed by atoms with Crippen molar-refractivity contribution in [3.8, 4) is 0 Å². The van der Waals surface area contributed by atoms with E-state index in [1.807, 2.05) is 48.4 Å². The van der Waals surface area contributed by atoms with Crippen LogP contribution in [0.3, 0.4) is 0 Å². The van der Waals surface area contributed by atoms with Gasteiger partial charge in [0, 0.05) is 35.5 Å². The first-order valence-electron chi connectivity index (χ1n) is 7.84. The van der Waals surface area contributed by atoms with E-state index in [0.717, 1.165) is 16.0 Å². The molecule has 2 aromatic carbocycles. The fraction of sp³-hybridized carbons (Fsp3) is 0.316. The summed E-state index contributed by atoms with van der Waals surface area (Å²) in [6.07, 6.45) is 2.02. The number of carbonyl (C=O) groups excluding carboxylic acids is 1. The van der Waals surface area contributed by atoms with Crippen molar-refractivity contribution in [3.05, 3.63) is 65.2 Å². The monoisotopic (exact) mass is 326 g/mol. The van der Waals surface area contributed by atoms with Crippen LogP contribution in [0.2, 0.25) is 0 Å². The molecular formula is C19H22N2OS. The molecule has 0 aliphatic carbocycles. The second-order valence-electron chi connectivity index (χ2n) is 6.07. The second kappa shape index (κ2) is 6.77. The molecule has 0 bridgehead atoms. The van der Waals surface area contributed by atoms with Crippen LogP contribution >= 0.6 is 11.8 Å². The van der Waals surface area contributed by atoms with Crippen LogP contribution in [0.1, 0.15) is 27.4 Å². The Morgan fingerprint density at radius 2 is 1.91 bits per heavy atom. The number of benzene rings is 2. The lowest BCUT2D eigenvalue weighted by Gasteiger charge is -2.18. The molecule has 1 aliphatic rings. The van der Waals surface area contributed by atoms with E-state index in [-0.39, 0.29) is 17.9 Å². The van der Waals surface area contributed by atoms with Gasteiger partial charge in [-0.1, -0.05) is 36.4 Å². The molecule has 1 heterocycles. The van der Waals surface area contributed by atoms with E-state index in [4.69, 9.17) is 5.73 Å². The molecular weight excluding hydrogens is 304 g/mol. The van der Waals surface area contributed by atoms with Crippen molar-refractivity contribution in [1.29, 1.82) is 0 Å². The van der Waals surface area contributed by atoms with Crippen LogP contribution in [-0.4, -0.2) is 36.2 Å². The van der Waals surface area contributed by atoms with Gasteiger partial charge in [0.25, 0.3) is 5.91 Å². The molecule has 2 N–H and O–H groups in total. The molecule has 120 valence electrons. The Balaban J connectivity index is 1.82. The molecule has 3 nitrogen and oxygen atoms in total. The third kappa shape index (κ3) is 3.28. The number of carbonyl (C=O) groups is 1. The standard InChI is InChI=1S/C19H22N2OS/c1-13-8-9-15(23-2)10-16(13)19(22)21-11-17(18(20)12-21)14-6-4-3-5-7-14/h3-10,17-18H,11-12,20H2,1-2H3/t17-,18+/m0/s1. The molecule has 2 atom stereocenters. The van der Waals surface area contributed by atoms with Crippen LogP contribution in [0.25, 0.3) is 0 Å². The number of aryl methyl sites for hydroxylation is 1. The SMILES string of the molecule is CSc1ccc(C)c(C(=O)N2C[C@@H](N)[C@H](c3ccccc3)C2)c1. The quantitative estimate of drug-likeness (QED) is 0.881. The van der Waals surface area contributed by atoms with E-state index >= 15 is 0 Å². The first-order chi connectivity index (χ1) is 11.1. The predicted octanol–water partition coefficient (Wildman–Crippen LogP) is 3.28. The number of nitrogens with two attached hydrogens (primary N) is 1. The van der Waals surface area contributed by atoms with Crippen LogP contribution in [-0.2, 0) is 0 Å². The Hall–Kier alpha value is -1.78. The van der Waals surface area contributed by atoms with Crippen molar-refractivity contribution < 1.29 is 4.79 Å². The zero-order chi connectivity index (χ0) is 16.4. The van der Waals surface area contributed by atoms with Crippen LogP contribution in [0.5, 0.6) is 0 Å². The highest BCUT2D eigenvalue weighted by Gasteiger charge is 2.34. The van der Waals surface area contributed by atoms with Crippen molar-refractivity contribution in [2.24, 2.45) is 5.73 Å². The smallest absolute Gasteiger partial charge is 0.254 e. The van der Waals surface area contributed by atoms with Gasteiger partial charge in [0.1, 0.15) is 0 Å². The molecule has 1 aliphatic heterocycles. The summed E-state index contributed by atoms with van der Waals surface area (Å²) in [4.78, 5) is 15.9. The highest BCUT2D eigenvalue weighted by atomic mass is 32.2. The van der Waals surface area contributed by atoms with Gasteiger partial charge in [-0.2, -0.15) is 0 Å². The predicted molar refractivity (Wildman–Crippen MR) is 96.0 cm³/mol. The first kappa shape index (κ1) is 16.1. The van der Waals surface area contributed by atoms with Gasteiger partial charge in [0.05, 0.1) is 0 Å². The summed E-state index contributed by atoms with van der Waals surface area (Å²) in [7, 11) is 0. The van der Waals surface area contributed by atoms with Crippen LogP contribution in [0.15, 0.2) is 53.4 Å². The number of thioether (sulfide) groups is 1. The highest BCUT2D eigenvalue weighted by molar-refractivity contribution is 7.98. The normalized spacial score (nSPS) is 20.7. The molecule has 2 aromatic rings. The molecule has 0 radical (unpaired) electrons. The number of hydrogen-bond donors (Lipinski definition) is 1. The average Bonchev–Trinajstić information content (AvgIpc) is 2.97. The Kier molecular flexibility index (Phi) is 4.74. The summed E-state index contributed by atoms with van der Waals surface area (Å²) >= 11 is 1.65. The number of rotatable bonds is 3. The van der Waals surface area contributed by atoms with E-state index in [1.165, 1.54) is 5.56 Å². The van der Waals surface area contributed by atoms with Gasteiger partial charge in [-0.05, 0) is 36.4 Å². The molecule has 4 heteroatoms. The van der Waals surface area contributed by atoms with E-state index in [0.29, 0.717) is 13.1 Å². The van der Waals surface area contributed by atoms with Crippen molar-refractivity contribution in [2.75, 3.05) is 19.3 Å². The van der Waals surface area contributed by atoms with E-state index in [2.05, 4.69) is 18.2 Å². The fourth-order valence-corrected chi connectivity index (χ4v) is 3.62. The highest BCUT2D eigenvalue weighted by Crippen LogP contribution is 2.28. The van der Waals surface area contributed by atoms with Crippen LogP contribution in [0, 0.1) is 6.92 Å². The minimum Gasteiger partial charge on any atom is -0.336 e. The van der Waals surface area contributed by atoms with Crippen molar-refractivity contribution in [2.45, 2.75) is 23.8 Å². The molecule has 1 amide bonds. The molecule has 3 rings (SSSR count). The molecule has 1 fully saturated rings. The maximum Gasteiger partial charge on any atom is 0.254 e. The van der Waals surface area contributed by atoms with Crippen LogP contribution in [0.4, 0.5) is 0 Å². The van der Waals surface area contributed by atoms with E-state index < -0.39 is 0 Å². The van der Waals surface area contributed by atoms with Gasteiger partial charge in [-0.15, -0.1) is 11.8 Å². The summed E-state index contributed by atoms with van der Waals surface area (Å²) in [5.41, 5.74) is 9.33. The van der Waals surface area contributed by atoms with Crippen molar-refractivity contribution in [1.82, 2.24) is 4.90 Å². The Bertz CT molecular complexity index is 702. The van der Waals surface area contributed by atoms with Crippen molar-refractivity contribution >= 4 is 17.7 Å².